The number of carbonyl (C=O) groups excluding carboxylic acids is 2. The number of aliphatic carboxylic acids is 1. The number of carbonyl (C=O) groups is 2. The molecule has 88 valence electrons. The summed E-state index contributed by atoms with van der Waals surface area (Å²) in [6.45, 7) is 3.56. The smallest absolute Gasteiger partial charge is 0.548 e. The maximum Gasteiger partial charge on any atom is 1.00 e. The maximum atomic E-state index is 11.0. The second-order valence-corrected chi connectivity index (χ2v) is 4.06. The van der Waals surface area contributed by atoms with Crippen LogP contribution in [-0.4, -0.2) is 22.8 Å². The number of hydrogen-bond donors (Lipinski definition) is 1. The molecule has 0 spiro atoms. The van der Waals surface area contributed by atoms with Crippen LogP contribution in [0.25, 0.3) is 0 Å². The summed E-state index contributed by atoms with van der Waals surface area (Å²) in [6, 6.07) is -0.786. The van der Waals surface area contributed by atoms with Crippen molar-refractivity contribution in [2.75, 3.05) is 0 Å². The molecule has 0 saturated carbocycles. The van der Waals surface area contributed by atoms with E-state index in [4.69, 9.17) is 5.73 Å². The Morgan fingerprint density at radius 2 is 2.06 bits per heavy atom. The van der Waals surface area contributed by atoms with Crippen molar-refractivity contribution in [1.29, 1.82) is 0 Å². The van der Waals surface area contributed by atoms with Crippen molar-refractivity contribution < 1.29 is 44.3 Å². The molecule has 1 heterocycles. The maximum absolute atomic E-state index is 11.0. The van der Waals surface area contributed by atoms with Crippen molar-refractivity contribution in [3.63, 3.8) is 0 Å². The summed E-state index contributed by atoms with van der Waals surface area (Å²) in [5.74, 6) is -1.82. The summed E-state index contributed by atoms with van der Waals surface area (Å²) in [7, 11) is 0. The van der Waals surface area contributed by atoms with Crippen LogP contribution in [0.2, 0.25) is 0 Å². The van der Waals surface area contributed by atoms with Gasteiger partial charge in [-0.1, -0.05) is 19.9 Å². The van der Waals surface area contributed by atoms with Crippen LogP contribution in [0.5, 0.6) is 0 Å². The molecule has 0 aromatic rings. The first-order valence-electron chi connectivity index (χ1n) is 5.09. The van der Waals surface area contributed by atoms with Crippen LogP contribution in [0.4, 0.5) is 0 Å². The van der Waals surface area contributed by atoms with Gasteiger partial charge in [0.15, 0.2) is 0 Å². The van der Waals surface area contributed by atoms with Gasteiger partial charge in [0.1, 0.15) is 0 Å². The van der Waals surface area contributed by atoms with Gasteiger partial charge in [0.2, 0.25) is 5.91 Å². The fourth-order valence-electron chi connectivity index (χ4n) is 1.65. The largest absolute Gasteiger partial charge is 1.00 e. The van der Waals surface area contributed by atoms with E-state index in [-0.39, 0.29) is 35.5 Å². The molecule has 6 heteroatoms. The molecule has 0 bridgehead atoms. The van der Waals surface area contributed by atoms with Crippen molar-refractivity contribution in [3.05, 3.63) is 24.0 Å². The molecule has 0 radical (unpaired) electrons. The number of hydrogen-bond acceptors (Lipinski definition) is 4. The molecule has 0 aliphatic carbocycles. The van der Waals surface area contributed by atoms with Gasteiger partial charge >= 0.3 is 29.6 Å². The zero-order valence-electron chi connectivity index (χ0n) is 10.3. The minimum absolute atomic E-state index is 0. The quantitative estimate of drug-likeness (QED) is 0.518. The first-order valence-corrected chi connectivity index (χ1v) is 5.09. The predicted octanol–water partition coefficient (Wildman–Crippen LogP) is -3.65. The van der Waals surface area contributed by atoms with Crippen molar-refractivity contribution in [2.24, 2.45) is 11.7 Å². The van der Waals surface area contributed by atoms with Gasteiger partial charge < -0.3 is 20.5 Å². The molecule has 1 amide bonds. The second kappa shape index (κ2) is 6.83. The standard InChI is InChI=1S/C11H16N2O3.Na/c1-7(2)9(11(15)16)13-5-3-4-8(6-13)10(12)14;/h3,5-7,9H,4H2,1-2H3,(H2,12,14)(H,15,16);/q;+1/p-1. The van der Waals surface area contributed by atoms with Crippen LogP contribution in [0, 0.1) is 5.92 Å². The zero-order valence-corrected chi connectivity index (χ0v) is 12.3. The molecule has 0 saturated heterocycles. The fraction of sp³-hybridized carbons (Fsp3) is 0.455. The molecule has 0 aromatic carbocycles. The van der Waals surface area contributed by atoms with Crippen molar-refractivity contribution >= 4 is 11.9 Å². The Morgan fingerprint density at radius 3 is 2.47 bits per heavy atom. The van der Waals surface area contributed by atoms with Crippen molar-refractivity contribution in [2.45, 2.75) is 26.3 Å². The Morgan fingerprint density at radius 1 is 1.47 bits per heavy atom. The van der Waals surface area contributed by atoms with E-state index in [0.717, 1.165) is 0 Å². The number of amides is 1. The summed E-state index contributed by atoms with van der Waals surface area (Å²) < 4.78 is 0. The van der Waals surface area contributed by atoms with Gasteiger partial charge in [0.05, 0.1) is 12.0 Å². The topological polar surface area (TPSA) is 86.5 Å². The van der Waals surface area contributed by atoms with Crippen LogP contribution in [0.3, 0.4) is 0 Å². The molecule has 17 heavy (non-hydrogen) atoms. The molecule has 0 fully saturated rings. The van der Waals surface area contributed by atoms with Crippen LogP contribution in [-0.2, 0) is 9.59 Å². The minimum Gasteiger partial charge on any atom is -0.548 e. The van der Waals surface area contributed by atoms with E-state index >= 15 is 0 Å². The van der Waals surface area contributed by atoms with Gasteiger partial charge in [-0.3, -0.25) is 4.79 Å². The number of allylic oxidation sites excluding steroid dienone is 1. The van der Waals surface area contributed by atoms with E-state index in [1.807, 2.05) is 0 Å². The monoisotopic (exact) mass is 246 g/mol. The third kappa shape index (κ3) is 4.18. The summed E-state index contributed by atoms with van der Waals surface area (Å²) in [6.07, 6.45) is 5.25. The van der Waals surface area contributed by atoms with Gasteiger partial charge in [-0.2, -0.15) is 0 Å². The molecular weight excluding hydrogens is 231 g/mol. The van der Waals surface area contributed by atoms with Gasteiger partial charge in [-0.05, 0) is 12.3 Å². The number of rotatable bonds is 4. The Kier molecular flexibility index (Phi) is 6.52. The molecule has 1 aliphatic rings. The Balaban J connectivity index is 0.00000256. The van der Waals surface area contributed by atoms with E-state index in [0.29, 0.717) is 12.0 Å². The SMILES string of the molecule is CC(C)C(C(=O)[O-])N1C=CCC(C(N)=O)=C1.[Na+]. The number of primary amides is 1. The van der Waals surface area contributed by atoms with E-state index in [1.54, 1.807) is 26.1 Å². The van der Waals surface area contributed by atoms with E-state index in [9.17, 15) is 14.7 Å². The summed E-state index contributed by atoms with van der Waals surface area (Å²) >= 11 is 0. The summed E-state index contributed by atoms with van der Waals surface area (Å²) in [5, 5.41) is 11.0. The molecule has 5 nitrogen and oxygen atoms in total. The molecule has 1 aliphatic heterocycles. The fourth-order valence-corrected chi connectivity index (χ4v) is 1.65. The Hall–Kier alpha value is -0.780. The van der Waals surface area contributed by atoms with Gasteiger partial charge in [-0.25, -0.2) is 0 Å². The Bertz CT molecular complexity index is 364. The predicted molar refractivity (Wildman–Crippen MR) is 56.5 cm³/mol. The molecule has 1 unspecified atom stereocenters. The average Bonchev–Trinajstić information content (AvgIpc) is 2.16. The van der Waals surface area contributed by atoms with Crippen LogP contribution < -0.4 is 40.4 Å². The molecule has 0 aromatic heterocycles. The third-order valence-electron chi connectivity index (χ3n) is 2.43. The Labute approximate surface area is 123 Å². The van der Waals surface area contributed by atoms with Crippen molar-refractivity contribution in [3.8, 4) is 0 Å². The van der Waals surface area contributed by atoms with Crippen LogP contribution >= 0.6 is 0 Å². The minimum atomic E-state index is -1.17. The van der Waals surface area contributed by atoms with E-state index in [1.165, 1.54) is 11.1 Å². The molecule has 1 rings (SSSR count). The normalized spacial score (nSPS) is 16.2. The van der Waals surface area contributed by atoms with Crippen LogP contribution in [0.15, 0.2) is 24.0 Å². The molecular formula is C11H15N2NaO3. The second-order valence-electron chi connectivity index (χ2n) is 4.06. The van der Waals surface area contributed by atoms with E-state index in [2.05, 4.69) is 0 Å². The summed E-state index contributed by atoms with van der Waals surface area (Å²) in [4.78, 5) is 23.4. The third-order valence-corrected chi connectivity index (χ3v) is 2.43. The first-order chi connectivity index (χ1) is 7.43. The average molecular weight is 246 g/mol. The first kappa shape index (κ1) is 16.2. The molecule has 2 N–H and O–H groups in total. The number of nitrogens with two attached hydrogens (primary N) is 1. The number of carboxylic acids is 1. The zero-order chi connectivity index (χ0) is 12.3. The van der Waals surface area contributed by atoms with Gasteiger partial charge in [0, 0.05) is 18.0 Å². The number of carboxylic acid groups (broad SMARTS) is 1. The number of nitrogens with zero attached hydrogens (tertiary/aromatic N) is 1. The summed E-state index contributed by atoms with van der Waals surface area (Å²) in [5.41, 5.74) is 5.55. The molecule has 1 atom stereocenters. The van der Waals surface area contributed by atoms with Crippen LogP contribution in [0.1, 0.15) is 20.3 Å². The van der Waals surface area contributed by atoms with Gasteiger partial charge in [0.25, 0.3) is 0 Å². The van der Waals surface area contributed by atoms with Crippen molar-refractivity contribution in [1.82, 2.24) is 4.90 Å². The van der Waals surface area contributed by atoms with E-state index < -0.39 is 17.9 Å². The van der Waals surface area contributed by atoms with Gasteiger partial charge in [-0.15, -0.1) is 0 Å².